The predicted octanol–water partition coefficient (Wildman–Crippen LogP) is 4.71. The molecule has 3 aromatic carbocycles. The topological polar surface area (TPSA) is 153 Å². The van der Waals surface area contributed by atoms with Gasteiger partial charge in [0.25, 0.3) is 17.7 Å². The highest BCUT2D eigenvalue weighted by Crippen LogP contribution is 2.56. The lowest BCUT2D eigenvalue weighted by molar-refractivity contribution is -0.164. The van der Waals surface area contributed by atoms with Crippen molar-refractivity contribution in [3.63, 3.8) is 0 Å². The van der Waals surface area contributed by atoms with Crippen LogP contribution in [0.5, 0.6) is 5.75 Å². The lowest BCUT2D eigenvalue weighted by atomic mass is 9.49. The third-order valence-electron chi connectivity index (χ3n) is 12.5. The number of ether oxygens (including phenoxy) is 1. The van der Waals surface area contributed by atoms with Crippen molar-refractivity contribution in [1.29, 1.82) is 0 Å². The van der Waals surface area contributed by atoms with Crippen LogP contribution in [0.25, 0.3) is 4.85 Å². The van der Waals surface area contributed by atoms with Crippen molar-refractivity contribution in [3.8, 4) is 5.75 Å². The molecule has 6 amide bonds. The van der Waals surface area contributed by atoms with E-state index in [4.69, 9.17) is 22.9 Å². The van der Waals surface area contributed by atoms with Crippen LogP contribution in [0, 0.1) is 23.2 Å². The van der Waals surface area contributed by atoms with Crippen molar-refractivity contribution in [2.45, 2.75) is 71.8 Å². The van der Waals surface area contributed by atoms with Gasteiger partial charge in [-0.1, -0.05) is 45.4 Å². The minimum absolute atomic E-state index is 0.0370. The third kappa shape index (κ3) is 6.97. The van der Waals surface area contributed by atoms with Gasteiger partial charge < -0.3 is 19.9 Å². The highest BCUT2D eigenvalue weighted by molar-refractivity contribution is 6.33. The molecule has 16 heteroatoms. The van der Waals surface area contributed by atoms with E-state index in [9.17, 15) is 28.8 Å². The number of piperidine rings is 1. The largest absolute Gasteiger partial charge is 0.489 e. The molecule has 1 aliphatic carbocycles. The Morgan fingerprint density at radius 1 is 0.932 bits per heavy atom. The number of fused-ring (bicyclic) bond motifs is 2. The van der Waals surface area contributed by atoms with E-state index < -0.39 is 52.2 Å². The number of amides is 6. The number of hydrogen-bond donors (Lipinski definition) is 2. The van der Waals surface area contributed by atoms with Crippen molar-refractivity contribution < 1.29 is 37.9 Å². The maximum absolute atomic E-state index is 15.6. The molecule has 4 heterocycles. The molecule has 8 rings (SSSR count). The van der Waals surface area contributed by atoms with Crippen molar-refractivity contribution in [2.24, 2.45) is 10.8 Å². The number of nitrogens with zero attached hydrogens (tertiary/aromatic N) is 5. The van der Waals surface area contributed by atoms with Gasteiger partial charge in [-0.25, -0.2) is 9.24 Å². The van der Waals surface area contributed by atoms with Crippen molar-refractivity contribution in [3.05, 3.63) is 98.6 Å². The second kappa shape index (κ2) is 14.8. The molecule has 1 unspecified atom stereocenters. The van der Waals surface area contributed by atoms with Crippen molar-refractivity contribution in [1.82, 2.24) is 25.3 Å². The van der Waals surface area contributed by atoms with Crippen LogP contribution in [0.2, 0.25) is 5.02 Å². The summed E-state index contributed by atoms with van der Waals surface area (Å²) in [4.78, 5) is 87.4. The highest BCUT2D eigenvalue weighted by atomic mass is 35.5. The number of piperazine rings is 1. The molecule has 0 bridgehead atoms. The quantitative estimate of drug-likeness (QED) is 0.243. The first-order valence-corrected chi connectivity index (χ1v) is 19.9. The number of nitrogens with one attached hydrogen (secondary N) is 2. The van der Waals surface area contributed by atoms with Crippen molar-refractivity contribution in [2.75, 3.05) is 37.6 Å². The Labute approximate surface area is 345 Å². The molecule has 1 saturated carbocycles. The summed E-state index contributed by atoms with van der Waals surface area (Å²) in [7, 11) is 0. The summed E-state index contributed by atoms with van der Waals surface area (Å²) in [6.07, 6.45) is -0.171. The molecular weight excluding hydrogens is 781 g/mol. The van der Waals surface area contributed by atoms with E-state index >= 15 is 4.39 Å². The van der Waals surface area contributed by atoms with E-state index in [0.717, 1.165) is 16.0 Å². The Balaban J connectivity index is 0.831. The van der Waals surface area contributed by atoms with E-state index in [1.807, 2.05) is 37.5 Å². The fraction of sp³-hybridized carbons (Fsp3) is 0.419. The maximum Gasteiger partial charge on any atom is 0.262 e. The highest BCUT2D eigenvalue weighted by Gasteiger charge is 2.64. The summed E-state index contributed by atoms with van der Waals surface area (Å²) in [6.45, 7) is 17.9. The number of benzene rings is 3. The average molecular weight is 824 g/mol. The van der Waals surface area contributed by atoms with Crippen molar-refractivity contribution >= 4 is 58.4 Å². The molecule has 14 nitrogen and oxygen atoms in total. The smallest absolute Gasteiger partial charge is 0.262 e. The zero-order valence-electron chi connectivity index (χ0n) is 33.1. The first-order valence-electron chi connectivity index (χ1n) is 19.5. The normalized spacial score (nSPS) is 23.3. The van der Waals surface area contributed by atoms with Gasteiger partial charge in [-0.2, -0.15) is 0 Å². The lowest BCUT2D eigenvalue weighted by Gasteiger charge is -2.63. The molecule has 3 fully saturated rings. The van der Waals surface area contributed by atoms with Crippen LogP contribution in [0.1, 0.15) is 82.7 Å². The molecule has 0 spiro atoms. The maximum atomic E-state index is 15.6. The van der Waals surface area contributed by atoms with E-state index in [1.165, 1.54) is 6.07 Å². The number of hydrogen-bond acceptors (Lipinski definition) is 9. The van der Waals surface area contributed by atoms with Crippen LogP contribution in [0.4, 0.5) is 15.8 Å². The zero-order chi connectivity index (χ0) is 42.1. The fourth-order valence-electron chi connectivity index (χ4n) is 9.69. The van der Waals surface area contributed by atoms with Gasteiger partial charge >= 0.3 is 0 Å². The summed E-state index contributed by atoms with van der Waals surface area (Å²) < 4.78 is 22.0. The molecule has 59 heavy (non-hydrogen) atoms. The average Bonchev–Trinajstić information content (AvgIpc) is 3.72. The third-order valence-corrected chi connectivity index (χ3v) is 12.8. The van der Waals surface area contributed by atoms with Crippen LogP contribution in [0.3, 0.4) is 0 Å². The van der Waals surface area contributed by atoms with Gasteiger partial charge in [0.2, 0.25) is 23.4 Å². The number of carbonyl (C=O) groups is 6. The first-order chi connectivity index (χ1) is 28.0. The molecule has 0 radical (unpaired) electrons. The summed E-state index contributed by atoms with van der Waals surface area (Å²) in [5.74, 6) is -2.78. The molecule has 3 aromatic rings. The van der Waals surface area contributed by atoms with Gasteiger partial charge in [0.05, 0.1) is 35.0 Å². The number of halogens is 2. The van der Waals surface area contributed by atoms with Gasteiger partial charge in [-0.15, -0.1) is 0 Å². The molecule has 306 valence electrons. The Kier molecular flexibility index (Phi) is 9.99. The summed E-state index contributed by atoms with van der Waals surface area (Å²) >= 11 is 6.23. The van der Waals surface area contributed by atoms with E-state index in [2.05, 4.69) is 15.5 Å². The summed E-state index contributed by atoms with van der Waals surface area (Å²) in [6, 6.07) is 11.4. The van der Waals surface area contributed by atoms with Gasteiger partial charge in [-0.3, -0.25) is 43.9 Å². The Morgan fingerprint density at radius 3 is 2.15 bits per heavy atom. The predicted molar refractivity (Wildman–Crippen MR) is 213 cm³/mol. The first kappa shape index (κ1) is 40.0. The van der Waals surface area contributed by atoms with Crippen LogP contribution in [-0.2, 0) is 27.5 Å². The standard InChI is InChI=1S/C43H43ClFN7O7/c1-42(2)40(43(3,4)41(42)59-26-7-8-31(46-5)29(44)19-26)48-36(55)23-6-9-32(30(45)18-23)50-14-12-49(13-15-50)22-35(54)51-20-24-16-27-28(17-25(24)21-51)39(58)52(38(27)57)33-10-11-34(53)47-37(33)56/h6-9,16-19,33,40-41H,10-15,20-22H2,1-4H3,(H,48,55)(H,47,53,56). The van der Waals surface area contributed by atoms with Crippen LogP contribution in [0.15, 0.2) is 48.5 Å². The number of rotatable bonds is 8. The minimum Gasteiger partial charge on any atom is -0.489 e. The van der Waals surface area contributed by atoms with E-state index in [0.29, 0.717) is 48.3 Å². The Bertz CT molecular complexity index is 2330. The minimum atomic E-state index is -1.05. The molecule has 2 saturated heterocycles. The number of carbonyl (C=O) groups excluding carboxylic acids is 6. The molecular formula is C43H43ClFN7O7. The van der Waals surface area contributed by atoms with Gasteiger partial charge in [0.1, 0.15) is 23.7 Å². The van der Waals surface area contributed by atoms with Crippen LogP contribution in [-0.4, -0.2) is 101 Å². The zero-order valence-corrected chi connectivity index (χ0v) is 33.8. The van der Waals surface area contributed by atoms with Gasteiger partial charge in [-0.05, 0) is 60.0 Å². The molecule has 1 atom stereocenters. The molecule has 2 N–H and O–H groups in total. The monoisotopic (exact) mass is 823 g/mol. The summed E-state index contributed by atoms with van der Waals surface area (Å²) in [5.41, 5.74) is 1.83. The van der Waals surface area contributed by atoms with Crippen LogP contribution >= 0.6 is 11.6 Å². The number of imide groups is 2. The fourth-order valence-corrected chi connectivity index (χ4v) is 9.90. The van der Waals surface area contributed by atoms with E-state index in [1.54, 1.807) is 47.4 Å². The van der Waals surface area contributed by atoms with Crippen LogP contribution < -0.4 is 20.3 Å². The second-order valence-electron chi connectivity index (χ2n) is 17.1. The SMILES string of the molecule is [C-]#[N+]c1ccc(OC2C(C)(C)C(NC(=O)c3ccc(N4CCN(CC(=O)N5Cc6cc7c(cc6C5)C(=O)N(C5CCC(=O)NC5=O)C7=O)CC4)c(F)c3)C2(C)C)cc1Cl. The van der Waals surface area contributed by atoms with E-state index in [-0.39, 0.29) is 67.2 Å². The van der Waals surface area contributed by atoms with Gasteiger partial charge in [0.15, 0.2) is 0 Å². The Morgan fingerprint density at radius 2 is 1.58 bits per heavy atom. The molecule has 0 aromatic heterocycles. The Hall–Kier alpha value is -5.85. The number of anilines is 1. The molecule has 4 aliphatic heterocycles. The second-order valence-corrected chi connectivity index (χ2v) is 17.5. The lowest BCUT2D eigenvalue weighted by Crippen LogP contribution is -2.74. The van der Waals surface area contributed by atoms with Gasteiger partial charge in [0, 0.05) is 68.1 Å². The molecule has 5 aliphatic rings. The summed E-state index contributed by atoms with van der Waals surface area (Å²) in [5, 5.41) is 5.61.